The minimum absolute atomic E-state index is 0.493. The number of benzene rings is 1. The number of amides is 3. The number of aromatic nitrogens is 2. The van der Waals surface area contributed by atoms with Gasteiger partial charge in [0.15, 0.2) is 0 Å². The van der Waals surface area contributed by atoms with Crippen molar-refractivity contribution in [2.45, 2.75) is 19.8 Å². The van der Waals surface area contributed by atoms with E-state index in [1.807, 2.05) is 13.0 Å². The maximum atomic E-state index is 12.4. The molecule has 7 heteroatoms. The molecular weight excluding hydrogens is 272 g/mol. The molecule has 0 aliphatic rings. The zero-order chi connectivity index (χ0) is 15.2. The molecule has 1 aromatic heterocycles. The molecule has 0 saturated heterocycles. The number of carbonyl (C=O) groups is 2. The highest BCUT2D eigenvalue weighted by Gasteiger charge is 2.24. The standard InChI is InChI=1S/C14H18N4O3/c1-3-4-9-15-13(19)18(21-2)14(20)17-10-16-11-7-5-6-8-12(11)17/h5-8,10H,3-4,9H2,1-2H3,(H,15,19). The van der Waals surface area contributed by atoms with E-state index < -0.39 is 12.1 Å². The van der Waals surface area contributed by atoms with Crippen molar-refractivity contribution in [2.75, 3.05) is 13.7 Å². The molecule has 0 bridgehead atoms. The first-order valence-electron chi connectivity index (χ1n) is 6.77. The van der Waals surface area contributed by atoms with Gasteiger partial charge in [0.2, 0.25) is 0 Å². The molecule has 0 aliphatic carbocycles. The Balaban J connectivity index is 2.18. The second-order valence-electron chi connectivity index (χ2n) is 4.45. The normalized spacial score (nSPS) is 10.6. The van der Waals surface area contributed by atoms with Gasteiger partial charge in [0.25, 0.3) is 0 Å². The lowest BCUT2D eigenvalue weighted by molar-refractivity contribution is -0.0461. The number of rotatable bonds is 4. The number of hydrogen-bond donors (Lipinski definition) is 1. The molecule has 1 aromatic carbocycles. The number of carbonyl (C=O) groups excluding carboxylic acids is 2. The number of nitrogens with zero attached hydrogens (tertiary/aromatic N) is 3. The first-order valence-corrected chi connectivity index (χ1v) is 6.77. The van der Waals surface area contributed by atoms with Gasteiger partial charge in [-0.1, -0.05) is 25.5 Å². The summed E-state index contributed by atoms with van der Waals surface area (Å²) in [5.74, 6) is 0. The van der Waals surface area contributed by atoms with Gasteiger partial charge >= 0.3 is 12.1 Å². The van der Waals surface area contributed by atoms with E-state index in [0.29, 0.717) is 22.6 Å². The van der Waals surface area contributed by atoms with Gasteiger partial charge in [-0.05, 0) is 18.6 Å². The van der Waals surface area contributed by atoms with Crippen LogP contribution in [0.4, 0.5) is 9.59 Å². The average Bonchev–Trinajstić information content (AvgIpc) is 2.92. The van der Waals surface area contributed by atoms with E-state index in [4.69, 9.17) is 4.84 Å². The van der Waals surface area contributed by atoms with Crippen molar-refractivity contribution in [1.82, 2.24) is 19.9 Å². The third-order valence-electron chi connectivity index (χ3n) is 3.01. The van der Waals surface area contributed by atoms with E-state index in [1.54, 1.807) is 18.2 Å². The summed E-state index contributed by atoms with van der Waals surface area (Å²) in [5, 5.41) is 3.32. The van der Waals surface area contributed by atoms with Crippen LogP contribution in [-0.2, 0) is 4.84 Å². The van der Waals surface area contributed by atoms with Crippen LogP contribution in [-0.4, -0.2) is 40.3 Å². The Morgan fingerprint density at radius 3 is 2.86 bits per heavy atom. The van der Waals surface area contributed by atoms with E-state index >= 15 is 0 Å². The lowest BCUT2D eigenvalue weighted by Gasteiger charge is -2.18. The van der Waals surface area contributed by atoms with Crippen LogP contribution in [0.5, 0.6) is 0 Å². The van der Waals surface area contributed by atoms with Gasteiger partial charge in [0.1, 0.15) is 6.33 Å². The Bertz CT molecular complexity index is 638. The smallest absolute Gasteiger partial charge is 0.336 e. The van der Waals surface area contributed by atoms with E-state index in [1.165, 1.54) is 18.0 Å². The molecule has 112 valence electrons. The largest absolute Gasteiger partial charge is 0.362 e. The van der Waals surface area contributed by atoms with Gasteiger partial charge in [-0.2, -0.15) is 0 Å². The third kappa shape index (κ3) is 3.19. The Morgan fingerprint density at radius 2 is 2.14 bits per heavy atom. The van der Waals surface area contributed by atoms with Crippen LogP contribution < -0.4 is 5.32 Å². The van der Waals surface area contributed by atoms with Crippen molar-refractivity contribution in [2.24, 2.45) is 0 Å². The summed E-state index contributed by atoms with van der Waals surface area (Å²) >= 11 is 0. The lowest BCUT2D eigenvalue weighted by Crippen LogP contribution is -2.45. The molecule has 0 spiro atoms. The van der Waals surface area contributed by atoms with Gasteiger partial charge < -0.3 is 5.32 Å². The summed E-state index contributed by atoms with van der Waals surface area (Å²) in [4.78, 5) is 33.4. The molecule has 21 heavy (non-hydrogen) atoms. The zero-order valence-corrected chi connectivity index (χ0v) is 12.1. The number of hydrogen-bond acceptors (Lipinski definition) is 4. The van der Waals surface area contributed by atoms with Crippen molar-refractivity contribution in [3.05, 3.63) is 30.6 Å². The zero-order valence-electron chi connectivity index (χ0n) is 12.1. The number of hydroxylamine groups is 2. The highest BCUT2D eigenvalue weighted by atomic mass is 16.7. The third-order valence-corrected chi connectivity index (χ3v) is 3.01. The van der Waals surface area contributed by atoms with Crippen molar-refractivity contribution in [1.29, 1.82) is 0 Å². The van der Waals surface area contributed by atoms with Crippen molar-refractivity contribution in [3.8, 4) is 0 Å². The Morgan fingerprint density at radius 1 is 1.38 bits per heavy atom. The SMILES string of the molecule is CCCCNC(=O)N(OC)C(=O)n1cnc2ccccc21. The Hall–Kier alpha value is -2.41. The van der Waals surface area contributed by atoms with Crippen LogP contribution in [0.15, 0.2) is 30.6 Å². The van der Waals surface area contributed by atoms with E-state index in [9.17, 15) is 9.59 Å². The fourth-order valence-electron chi connectivity index (χ4n) is 1.90. The topological polar surface area (TPSA) is 76.5 Å². The van der Waals surface area contributed by atoms with E-state index in [2.05, 4.69) is 10.3 Å². The summed E-state index contributed by atoms with van der Waals surface area (Å²) in [6.07, 6.45) is 3.16. The number of unbranched alkanes of at least 4 members (excludes halogenated alkanes) is 1. The molecule has 2 aromatic rings. The summed E-state index contributed by atoms with van der Waals surface area (Å²) < 4.78 is 1.28. The lowest BCUT2D eigenvalue weighted by atomic mass is 10.3. The number of fused-ring (bicyclic) bond motifs is 1. The molecule has 1 N–H and O–H groups in total. The second-order valence-corrected chi connectivity index (χ2v) is 4.45. The van der Waals surface area contributed by atoms with Gasteiger partial charge in [0.05, 0.1) is 18.1 Å². The van der Waals surface area contributed by atoms with E-state index in [-0.39, 0.29) is 0 Å². The van der Waals surface area contributed by atoms with Crippen LogP contribution in [0, 0.1) is 0 Å². The maximum Gasteiger partial charge on any atom is 0.362 e. The van der Waals surface area contributed by atoms with Crippen LogP contribution in [0.25, 0.3) is 11.0 Å². The Labute approximate surface area is 122 Å². The maximum absolute atomic E-state index is 12.4. The van der Waals surface area contributed by atoms with Gasteiger partial charge in [0, 0.05) is 6.54 Å². The molecule has 0 saturated carbocycles. The van der Waals surface area contributed by atoms with Crippen molar-refractivity contribution < 1.29 is 14.4 Å². The molecule has 0 fully saturated rings. The molecule has 0 radical (unpaired) electrons. The second kappa shape index (κ2) is 6.85. The molecule has 2 rings (SSSR count). The van der Waals surface area contributed by atoms with Crippen LogP contribution in [0.2, 0.25) is 0 Å². The Kier molecular flexibility index (Phi) is 4.89. The minimum atomic E-state index is -0.611. The molecule has 0 atom stereocenters. The summed E-state index contributed by atoms with van der Waals surface area (Å²) in [6.45, 7) is 2.51. The number of nitrogens with one attached hydrogen (secondary N) is 1. The van der Waals surface area contributed by atoms with Crippen molar-refractivity contribution in [3.63, 3.8) is 0 Å². The molecule has 1 heterocycles. The van der Waals surface area contributed by atoms with Crippen LogP contribution in [0.3, 0.4) is 0 Å². The molecule has 0 unspecified atom stereocenters. The molecule has 7 nitrogen and oxygen atoms in total. The van der Waals surface area contributed by atoms with Crippen molar-refractivity contribution >= 4 is 23.1 Å². The van der Waals surface area contributed by atoms with Crippen LogP contribution >= 0.6 is 0 Å². The first-order chi connectivity index (χ1) is 10.2. The summed E-state index contributed by atoms with van der Waals surface area (Å²) in [5.41, 5.74) is 1.29. The number of imide groups is 1. The first kappa shape index (κ1) is 15.0. The predicted molar refractivity (Wildman–Crippen MR) is 77.7 cm³/mol. The summed E-state index contributed by atoms with van der Waals surface area (Å²) in [7, 11) is 1.27. The molecular formula is C14H18N4O3. The van der Waals surface area contributed by atoms with Gasteiger partial charge in [-0.3, -0.25) is 4.84 Å². The molecule has 3 amide bonds. The average molecular weight is 290 g/mol. The number of urea groups is 1. The van der Waals surface area contributed by atoms with Gasteiger partial charge in [-0.25, -0.2) is 19.1 Å². The number of imidazole rings is 1. The monoisotopic (exact) mass is 290 g/mol. The van der Waals surface area contributed by atoms with E-state index in [0.717, 1.165) is 12.8 Å². The van der Waals surface area contributed by atoms with Gasteiger partial charge in [-0.15, -0.1) is 5.06 Å². The van der Waals surface area contributed by atoms with Crippen LogP contribution in [0.1, 0.15) is 19.8 Å². The highest BCUT2D eigenvalue weighted by molar-refractivity contribution is 5.97. The fourth-order valence-corrected chi connectivity index (χ4v) is 1.90. The summed E-state index contributed by atoms with van der Waals surface area (Å²) in [6, 6.07) is 5.97. The number of para-hydroxylation sites is 2. The minimum Gasteiger partial charge on any atom is -0.336 e. The fraction of sp³-hybridized carbons (Fsp3) is 0.357. The quantitative estimate of drug-likeness (QED) is 0.693. The highest BCUT2D eigenvalue weighted by Crippen LogP contribution is 2.13. The molecule has 0 aliphatic heterocycles. The predicted octanol–water partition coefficient (Wildman–Crippen LogP) is 2.38.